The molecule has 0 atom stereocenters. The van der Waals surface area contributed by atoms with Crippen molar-refractivity contribution in [1.82, 2.24) is 4.90 Å². The van der Waals surface area contributed by atoms with Crippen molar-refractivity contribution in [3.05, 3.63) is 34.9 Å². The molecule has 0 aliphatic heterocycles. The third-order valence-corrected chi connectivity index (χ3v) is 3.93. The lowest BCUT2D eigenvalue weighted by atomic mass is 10.0. The summed E-state index contributed by atoms with van der Waals surface area (Å²) < 4.78 is 22.3. The minimum Gasteiger partial charge on any atom is -0.384 e. The molecule has 1 aromatic carbocycles. The van der Waals surface area contributed by atoms with Crippen molar-refractivity contribution in [2.75, 3.05) is 32.2 Å². The average molecular weight is 309 g/mol. The maximum absolute atomic E-state index is 12.3. The van der Waals surface area contributed by atoms with E-state index < -0.39 is 9.84 Å². The molecule has 114 valence electrons. The van der Waals surface area contributed by atoms with Gasteiger partial charge in [0, 0.05) is 31.0 Å². The van der Waals surface area contributed by atoms with Gasteiger partial charge >= 0.3 is 0 Å². The number of benzene rings is 1. The summed E-state index contributed by atoms with van der Waals surface area (Å²) in [6.07, 6.45) is 1.14. The summed E-state index contributed by atoms with van der Waals surface area (Å²) >= 11 is 0. The Bertz CT molecular complexity index is 683. The Morgan fingerprint density at radius 3 is 2.62 bits per heavy atom. The van der Waals surface area contributed by atoms with Crippen LogP contribution in [0.5, 0.6) is 0 Å². The fraction of sp³-hybridized carbons (Fsp3) is 0.400. The van der Waals surface area contributed by atoms with Crippen LogP contribution in [0, 0.1) is 18.8 Å². The number of aliphatic hydroxyl groups is 1. The highest BCUT2D eigenvalue weighted by molar-refractivity contribution is 7.90. The molecular weight excluding hydrogens is 290 g/mol. The third-order valence-electron chi connectivity index (χ3n) is 3.01. The van der Waals surface area contributed by atoms with Crippen LogP contribution in [-0.2, 0) is 9.84 Å². The summed E-state index contributed by atoms with van der Waals surface area (Å²) in [4.78, 5) is 13.7. The molecule has 5 nitrogen and oxygen atoms in total. The van der Waals surface area contributed by atoms with Gasteiger partial charge in [0.15, 0.2) is 0 Å². The van der Waals surface area contributed by atoms with Gasteiger partial charge in [-0.15, -0.1) is 0 Å². The van der Waals surface area contributed by atoms with Gasteiger partial charge < -0.3 is 10.0 Å². The van der Waals surface area contributed by atoms with Gasteiger partial charge in [-0.3, -0.25) is 4.79 Å². The zero-order valence-electron chi connectivity index (χ0n) is 12.4. The van der Waals surface area contributed by atoms with Crippen LogP contribution in [0.15, 0.2) is 18.2 Å². The molecule has 0 saturated heterocycles. The lowest BCUT2D eigenvalue weighted by Gasteiger charge is -2.18. The van der Waals surface area contributed by atoms with Crippen molar-refractivity contribution in [3.8, 4) is 11.8 Å². The van der Waals surface area contributed by atoms with Crippen LogP contribution in [0.3, 0.4) is 0 Å². The molecule has 0 aliphatic rings. The van der Waals surface area contributed by atoms with Gasteiger partial charge in [0.05, 0.1) is 5.75 Å². The first-order valence-electron chi connectivity index (χ1n) is 6.39. The van der Waals surface area contributed by atoms with Crippen LogP contribution in [-0.4, -0.2) is 56.5 Å². The van der Waals surface area contributed by atoms with Gasteiger partial charge in [0.25, 0.3) is 5.91 Å². The fourth-order valence-corrected chi connectivity index (χ4v) is 2.35. The highest BCUT2D eigenvalue weighted by Gasteiger charge is 2.16. The lowest BCUT2D eigenvalue weighted by Crippen LogP contribution is -2.32. The standard InChI is InChI=1S/C15H19NO4S/c1-12-13(7-5-10-17)6-4-8-14(12)15(18)16(2)9-11-21(3,19)20/h4,6,8,17H,9-11H2,1-3H3. The molecule has 0 aliphatic carbocycles. The molecule has 6 heteroatoms. The Hall–Kier alpha value is -1.84. The first-order valence-corrected chi connectivity index (χ1v) is 8.45. The van der Waals surface area contributed by atoms with E-state index >= 15 is 0 Å². The molecule has 0 fully saturated rings. The molecule has 0 unspecified atom stereocenters. The van der Waals surface area contributed by atoms with Crippen molar-refractivity contribution in [2.24, 2.45) is 0 Å². The monoisotopic (exact) mass is 309 g/mol. The van der Waals surface area contributed by atoms with Gasteiger partial charge in [-0.25, -0.2) is 8.42 Å². The SMILES string of the molecule is Cc1c(C#CCO)cccc1C(=O)N(C)CCS(C)(=O)=O. The van der Waals surface area contributed by atoms with Crippen LogP contribution >= 0.6 is 0 Å². The van der Waals surface area contributed by atoms with E-state index in [-0.39, 0.29) is 24.8 Å². The van der Waals surface area contributed by atoms with E-state index in [1.54, 1.807) is 32.2 Å². The van der Waals surface area contributed by atoms with Crippen molar-refractivity contribution < 1.29 is 18.3 Å². The Morgan fingerprint density at radius 1 is 1.38 bits per heavy atom. The normalized spacial score (nSPS) is 10.7. The summed E-state index contributed by atoms with van der Waals surface area (Å²) in [5.74, 6) is 5.02. The Kier molecular flexibility index (Phi) is 5.94. The van der Waals surface area contributed by atoms with E-state index in [0.29, 0.717) is 11.1 Å². The summed E-state index contributed by atoms with van der Waals surface area (Å²) in [6, 6.07) is 5.16. The van der Waals surface area contributed by atoms with Gasteiger partial charge in [-0.1, -0.05) is 17.9 Å². The zero-order valence-corrected chi connectivity index (χ0v) is 13.2. The second kappa shape index (κ2) is 7.25. The number of hydrogen-bond acceptors (Lipinski definition) is 4. The second-order valence-electron chi connectivity index (χ2n) is 4.79. The number of nitrogens with zero attached hydrogens (tertiary/aromatic N) is 1. The van der Waals surface area contributed by atoms with Crippen molar-refractivity contribution >= 4 is 15.7 Å². The highest BCUT2D eigenvalue weighted by Crippen LogP contribution is 2.14. The second-order valence-corrected chi connectivity index (χ2v) is 7.05. The quantitative estimate of drug-likeness (QED) is 0.820. The van der Waals surface area contributed by atoms with E-state index in [0.717, 1.165) is 11.8 Å². The van der Waals surface area contributed by atoms with E-state index in [2.05, 4.69) is 11.8 Å². The van der Waals surface area contributed by atoms with E-state index in [4.69, 9.17) is 5.11 Å². The minimum atomic E-state index is -3.11. The van der Waals surface area contributed by atoms with Gasteiger partial charge in [0.2, 0.25) is 0 Å². The largest absolute Gasteiger partial charge is 0.384 e. The summed E-state index contributed by atoms with van der Waals surface area (Å²) in [5.41, 5.74) is 1.87. The molecule has 1 rings (SSSR count). The number of sulfone groups is 1. The minimum absolute atomic E-state index is 0.0711. The molecule has 0 aromatic heterocycles. The van der Waals surface area contributed by atoms with Gasteiger partial charge in [-0.05, 0) is 24.6 Å². The molecule has 1 amide bonds. The number of amides is 1. The molecule has 0 heterocycles. The topological polar surface area (TPSA) is 74.7 Å². The van der Waals surface area contributed by atoms with Gasteiger partial charge in [-0.2, -0.15) is 0 Å². The maximum atomic E-state index is 12.3. The van der Waals surface area contributed by atoms with Crippen LogP contribution in [0.4, 0.5) is 0 Å². The van der Waals surface area contributed by atoms with Crippen LogP contribution < -0.4 is 0 Å². The number of carbonyl (C=O) groups is 1. The highest BCUT2D eigenvalue weighted by atomic mass is 32.2. The number of hydrogen-bond donors (Lipinski definition) is 1. The van der Waals surface area contributed by atoms with Crippen molar-refractivity contribution in [1.29, 1.82) is 0 Å². The molecule has 1 N–H and O–H groups in total. The molecule has 0 saturated carbocycles. The number of aliphatic hydroxyl groups excluding tert-OH is 1. The molecule has 0 bridgehead atoms. The van der Waals surface area contributed by atoms with E-state index in [9.17, 15) is 13.2 Å². The van der Waals surface area contributed by atoms with Crippen molar-refractivity contribution in [2.45, 2.75) is 6.92 Å². The Labute approximate surface area is 125 Å². The predicted molar refractivity (Wildman–Crippen MR) is 81.8 cm³/mol. The first kappa shape index (κ1) is 17.2. The molecular formula is C15H19NO4S. The smallest absolute Gasteiger partial charge is 0.253 e. The summed E-state index contributed by atoms with van der Waals surface area (Å²) in [5, 5.41) is 8.73. The zero-order chi connectivity index (χ0) is 16.0. The Morgan fingerprint density at radius 2 is 2.05 bits per heavy atom. The van der Waals surface area contributed by atoms with Crippen LogP contribution in [0.25, 0.3) is 0 Å². The Balaban J connectivity index is 2.97. The van der Waals surface area contributed by atoms with E-state index in [1.165, 1.54) is 4.90 Å². The van der Waals surface area contributed by atoms with Crippen molar-refractivity contribution in [3.63, 3.8) is 0 Å². The molecule has 0 radical (unpaired) electrons. The summed E-state index contributed by atoms with van der Waals surface area (Å²) in [6.45, 7) is 1.68. The fourth-order valence-electron chi connectivity index (χ4n) is 1.75. The number of rotatable bonds is 4. The van der Waals surface area contributed by atoms with Crippen LogP contribution in [0.1, 0.15) is 21.5 Å². The average Bonchev–Trinajstić information content (AvgIpc) is 2.42. The lowest BCUT2D eigenvalue weighted by molar-refractivity contribution is 0.0802. The molecule has 21 heavy (non-hydrogen) atoms. The first-order chi connectivity index (χ1) is 9.76. The predicted octanol–water partition coefficient (Wildman–Crippen LogP) is 0.455. The third kappa shape index (κ3) is 5.21. The molecule has 1 aromatic rings. The summed E-state index contributed by atoms with van der Waals surface area (Å²) in [7, 11) is -1.54. The van der Waals surface area contributed by atoms with E-state index in [1.807, 2.05) is 0 Å². The van der Waals surface area contributed by atoms with Crippen LogP contribution in [0.2, 0.25) is 0 Å². The molecule has 0 spiro atoms. The maximum Gasteiger partial charge on any atom is 0.253 e. The van der Waals surface area contributed by atoms with Gasteiger partial charge in [0.1, 0.15) is 16.4 Å². The number of carbonyl (C=O) groups excluding carboxylic acids is 1.